The van der Waals surface area contributed by atoms with Crippen LogP contribution in [0.5, 0.6) is 0 Å². The Morgan fingerprint density at radius 2 is 1.88 bits per heavy atom. The van der Waals surface area contributed by atoms with Crippen molar-refractivity contribution in [2.75, 3.05) is 6.54 Å². The Balaban J connectivity index is 3.36. The fourth-order valence-corrected chi connectivity index (χ4v) is 1.73. The second-order valence-electron chi connectivity index (χ2n) is 4.56. The summed E-state index contributed by atoms with van der Waals surface area (Å²) in [5.74, 6) is 0.195. The van der Waals surface area contributed by atoms with Crippen molar-refractivity contribution in [2.45, 2.75) is 71.3 Å². The minimum atomic E-state index is 0.195. The first-order valence-corrected chi connectivity index (χ1v) is 6.70. The number of carbonyl (C=O) groups is 1. The van der Waals surface area contributed by atoms with Gasteiger partial charge in [0.2, 0.25) is 5.91 Å². The van der Waals surface area contributed by atoms with Gasteiger partial charge < -0.3 is 11.1 Å². The molecule has 0 saturated heterocycles. The minimum Gasteiger partial charge on any atom is -0.354 e. The number of hydrogen-bond acceptors (Lipinski definition) is 2. The molecule has 0 aromatic carbocycles. The van der Waals surface area contributed by atoms with E-state index in [-0.39, 0.29) is 11.9 Å². The molecule has 0 saturated carbocycles. The van der Waals surface area contributed by atoms with Crippen LogP contribution in [0.3, 0.4) is 0 Å². The smallest absolute Gasteiger partial charge is 0.220 e. The van der Waals surface area contributed by atoms with Crippen LogP contribution in [-0.2, 0) is 4.79 Å². The first-order chi connectivity index (χ1) is 7.70. The van der Waals surface area contributed by atoms with Crippen LogP contribution in [0.15, 0.2) is 0 Å². The van der Waals surface area contributed by atoms with E-state index in [9.17, 15) is 4.79 Å². The quantitative estimate of drug-likeness (QED) is 0.565. The SMILES string of the molecule is CCCCCCCC(=O)NC(C)CCCN. The lowest BCUT2D eigenvalue weighted by Crippen LogP contribution is -2.32. The molecule has 0 aliphatic carbocycles. The van der Waals surface area contributed by atoms with Crippen LogP contribution in [-0.4, -0.2) is 18.5 Å². The summed E-state index contributed by atoms with van der Waals surface area (Å²) in [4.78, 5) is 11.5. The molecule has 1 atom stereocenters. The monoisotopic (exact) mass is 228 g/mol. The van der Waals surface area contributed by atoms with E-state index in [1.54, 1.807) is 0 Å². The van der Waals surface area contributed by atoms with Gasteiger partial charge in [-0.15, -0.1) is 0 Å². The van der Waals surface area contributed by atoms with Gasteiger partial charge in [0.05, 0.1) is 0 Å². The minimum absolute atomic E-state index is 0.195. The number of hydrogen-bond donors (Lipinski definition) is 2. The van der Waals surface area contributed by atoms with Gasteiger partial charge in [0.25, 0.3) is 0 Å². The van der Waals surface area contributed by atoms with Crippen molar-refractivity contribution in [3.8, 4) is 0 Å². The number of unbranched alkanes of at least 4 members (excludes halogenated alkanes) is 4. The summed E-state index contributed by atoms with van der Waals surface area (Å²) in [5, 5.41) is 3.01. The molecule has 0 aliphatic heterocycles. The van der Waals surface area contributed by atoms with Gasteiger partial charge in [-0.2, -0.15) is 0 Å². The predicted molar refractivity (Wildman–Crippen MR) is 69.3 cm³/mol. The highest BCUT2D eigenvalue weighted by atomic mass is 16.1. The van der Waals surface area contributed by atoms with Crippen molar-refractivity contribution >= 4 is 5.91 Å². The average molecular weight is 228 g/mol. The van der Waals surface area contributed by atoms with Crippen LogP contribution >= 0.6 is 0 Å². The maximum atomic E-state index is 11.5. The summed E-state index contributed by atoms with van der Waals surface area (Å²) in [6, 6.07) is 0.270. The molecule has 0 rings (SSSR count). The second-order valence-corrected chi connectivity index (χ2v) is 4.56. The zero-order valence-electron chi connectivity index (χ0n) is 10.9. The molecule has 0 bridgehead atoms. The van der Waals surface area contributed by atoms with Gasteiger partial charge in [0, 0.05) is 12.5 Å². The van der Waals surface area contributed by atoms with E-state index in [2.05, 4.69) is 12.2 Å². The molecule has 16 heavy (non-hydrogen) atoms. The Bertz CT molecular complexity index is 171. The number of nitrogens with one attached hydrogen (secondary N) is 1. The first kappa shape index (κ1) is 15.4. The fraction of sp³-hybridized carbons (Fsp3) is 0.923. The lowest BCUT2D eigenvalue weighted by molar-refractivity contribution is -0.121. The van der Waals surface area contributed by atoms with Crippen LogP contribution in [0, 0.1) is 0 Å². The van der Waals surface area contributed by atoms with Gasteiger partial charge in [-0.25, -0.2) is 0 Å². The maximum absolute atomic E-state index is 11.5. The van der Waals surface area contributed by atoms with Crippen LogP contribution < -0.4 is 11.1 Å². The number of nitrogens with two attached hydrogens (primary N) is 1. The predicted octanol–water partition coefficient (Wildman–Crippen LogP) is 2.59. The third-order valence-electron chi connectivity index (χ3n) is 2.76. The highest BCUT2D eigenvalue weighted by molar-refractivity contribution is 5.76. The molecule has 0 aromatic rings. The van der Waals surface area contributed by atoms with Crippen molar-refractivity contribution in [1.29, 1.82) is 0 Å². The van der Waals surface area contributed by atoms with E-state index in [1.807, 2.05) is 6.92 Å². The Labute approximate surface area is 100 Å². The van der Waals surface area contributed by atoms with Crippen LogP contribution in [0.2, 0.25) is 0 Å². The van der Waals surface area contributed by atoms with Gasteiger partial charge in [0.1, 0.15) is 0 Å². The molecule has 0 spiro atoms. The lowest BCUT2D eigenvalue weighted by Gasteiger charge is -2.13. The van der Waals surface area contributed by atoms with E-state index in [4.69, 9.17) is 5.73 Å². The van der Waals surface area contributed by atoms with Crippen molar-refractivity contribution < 1.29 is 4.79 Å². The summed E-state index contributed by atoms with van der Waals surface area (Å²) in [5.41, 5.74) is 5.42. The fourth-order valence-electron chi connectivity index (χ4n) is 1.73. The molecule has 0 aromatic heterocycles. The summed E-state index contributed by atoms with van der Waals surface area (Å²) >= 11 is 0. The molecule has 1 unspecified atom stereocenters. The van der Waals surface area contributed by atoms with E-state index >= 15 is 0 Å². The van der Waals surface area contributed by atoms with Crippen LogP contribution in [0.25, 0.3) is 0 Å². The molecular formula is C13H28N2O. The average Bonchev–Trinajstić information content (AvgIpc) is 2.26. The summed E-state index contributed by atoms with van der Waals surface area (Å²) in [7, 11) is 0. The maximum Gasteiger partial charge on any atom is 0.220 e. The number of carbonyl (C=O) groups excluding carboxylic acids is 1. The molecule has 96 valence electrons. The second kappa shape index (κ2) is 10.9. The molecule has 3 nitrogen and oxygen atoms in total. The van der Waals surface area contributed by atoms with Crippen LogP contribution in [0.1, 0.15) is 65.2 Å². The third kappa shape index (κ3) is 9.97. The van der Waals surface area contributed by atoms with Gasteiger partial charge in [-0.05, 0) is 32.7 Å². The number of rotatable bonds is 10. The highest BCUT2D eigenvalue weighted by Gasteiger charge is 2.06. The van der Waals surface area contributed by atoms with Gasteiger partial charge >= 0.3 is 0 Å². The van der Waals surface area contributed by atoms with E-state index in [1.165, 1.54) is 25.7 Å². The van der Waals surface area contributed by atoms with Crippen molar-refractivity contribution in [1.82, 2.24) is 5.32 Å². The molecule has 0 aliphatic rings. The molecule has 0 heterocycles. The first-order valence-electron chi connectivity index (χ1n) is 6.70. The Kier molecular flexibility index (Phi) is 10.5. The number of amides is 1. The molecule has 3 N–H and O–H groups in total. The highest BCUT2D eigenvalue weighted by Crippen LogP contribution is 2.05. The van der Waals surface area contributed by atoms with Gasteiger partial charge in [-0.1, -0.05) is 32.6 Å². The van der Waals surface area contributed by atoms with Crippen molar-refractivity contribution in [3.63, 3.8) is 0 Å². The van der Waals surface area contributed by atoms with Crippen LogP contribution in [0.4, 0.5) is 0 Å². The van der Waals surface area contributed by atoms with E-state index in [0.717, 1.165) is 19.3 Å². The summed E-state index contributed by atoms with van der Waals surface area (Å²) in [6.45, 7) is 4.95. The Morgan fingerprint density at radius 1 is 1.19 bits per heavy atom. The zero-order valence-corrected chi connectivity index (χ0v) is 10.9. The molecule has 1 amide bonds. The molecular weight excluding hydrogens is 200 g/mol. The van der Waals surface area contributed by atoms with E-state index < -0.39 is 0 Å². The topological polar surface area (TPSA) is 55.1 Å². The van der Waals surface area contributed by atoms with Gasteiger partial charge in [0.15, 0.2) is 0 Å². The summed E-state index contributed by atoms with van der Waals surface area (Å²) in [6.07, 6.45) is 8.64. The summed E-state index contributed by atoms with van der Waals surface area (Å²) < 4.78 is 0. The Hall–Kier alpha value is -0.570. The van der Waals surface area contributed by atoms with E-state index in [0.29, 0.717) is 13.0 Å². The molecule has 3 heteroatoms. The van der Waals surface area contributed by atoms with Crippen molar-refractivity contribution in [3.05, 3.63) is 0 Å². The molecule has 0 fully saturated rings. The van der Waals surface area contributed by atoms with Crippen molar-refractivity contribution in [2.24, 2.45) is 5.73 Å². The molecule has 0 radical (unpaired) electrons. The largest absolute Gasteiger partial charge is 0.354 e. The third-order valence-corrected chi connectivity index (χ3v) is 2.76. The Morgan fingerprint density at radius 3 is 2.50 bits per heavy atom. The normalized spacial score (nSPS) is 12.4. The lowest BCUT2D eigenvalue weighted by atomic mass is 10.1. The standard InChI is InChI=1S/C13H28N2O/c1-3-4-5-6-7-10-13(16)15-12(2)9-8-11-14/h12H,3-11,14H2,1-2H3,(H,15,16). The van der Waals surface area contributed by atoms with Gasteiger partial charge in [-0.3, -0.25) is 4.79 Å². The zero-order chi connectivity index (χ0) is 12.2.